The molecule has 1 N–H and O–H groups in total. The second-order valence-corrected chi connectivity index (χ2v) is 9.48. The van der Waals surface area contributed by atoms with E-state index in [1.165, 1.54) is 44.9 Å². The first kappa shape index (κ1) is 26.0. The van der Waals surface area contributed by atoms with Crippen molar-refractivity contribution in [2.75, 3.05) is 0 Å². The molecule has 1 aliphatic carbocycles. The lowest BCUT2D eigenvalue weighted by atomic mass is 9.79. The lowest BCUT2D eigenvalue weighted by Crippen LogP contribution is -2.35. The normalized spacial score (nSPS) is 20.6. The van der Waals surface area contributed by atoms with Gasteiger partial charge in [-0.2, -0.15) is 0 Å². The summed E-state index contributed by atoms with van der Waals surface area (Å²) in [6, 6.07) is 0. The second kappa shape index (κ2) is 15.7. The average molecular weight is 411 g/mol. The van der Waals surface area contributed by atoms with Gasteiger partial charge < -0.3 is 9.84 Å². The van der Waals surface area contributed by atoms with E-state index in [4.69, 9.17) is 4.74 Å². The van der Waals surface area contributed by atoms with E-state index in [0.717, 1.165) is 44.9 Å². The van der Waals surface area contributed by atoms with Crippen LogP contribution in [0.4, 0.5) is 0 Å². The van der Waals surface area contributed by atoms with E-state index in [1.54, 1.807) is 0 Å². The summed E-state index contributed by atoms with van der Waals surface area (Å²) >= 11 is 0. The minimum Gasteiger partial charge on any atom is -0.481 e. The van der Waals surface area contributed by atoms with Crippen LogP contribution in [0.2, 0.25) is 0 Å². The Labute approximate surface area is 179 Å². The zero-order chi connectivity index (χ0) is 21.5. The number of carbonyl (C=O) groups excluding carboxylic acids is 1. The van der Waals surface area contributed by atoms with Crippen LogP contribution in [0.3, 0.4) is 0 Å². The molecule has 0 bridgehead atoms. The molecule has 3 atom stereocenters. The highest BCUT2D eigenvalue weighted by Crippen LogP contribution is 2.32. The molecule has 170 valence electrons. The Morgan fingerprint density at radius 2 is 1.38 bits per heavy atom. The number of carbonyl (C=O) groups is 2. The Bertz CT molecular complexity index is 446. The fraction of sp³-hybridized carbons (Fsp3) is 0.920. The Kier molecular flexibility index (Phi) is 14.1. The summed E-state index contributed by atoms with van der Waals surface area (Å²) in [5.74, 6) is -1.45. The highest BCUT2D eigenvalue weighted by atomic mass is 16.5. The molecule has 1 saturated carbocycles. The van der Waals surface area contributed by atoms with Crippen molar-refractivity contribution in [3.63, 3.8) is 0 Å². The molecule has 3 unspecified atom stereocenters. The number of unbranched alkanes of at least 4 members (excludes halogenated alkanes) is 7. The first-order valence-corrected chi connectivity index (χ1v) is 12.4. The third-order valence-electron chi connectivity index (χ3n) is 6.36. The smallest absolute Gasteiger partial charge is 0.310 e. The van der Waals surface area contributed by atoms with Gasteiger partial charge in [-0.1, -0.05) is 85.0 Å². The number of carboxylic acid groups (broad SMARTS) is 1. The second-order valence-electron chi connectivity index (χ2n) is 9.48. The minimum absolute atomic E-state index is 0.0438. The van der Waals surface area contributed by atoms with Crippen LogP contribution in [-0.4, -0.2) is 23.1 Å². The van der Waals surface area contributed by atoms with Crippen molar-refractivity contribution in [3.05, 3.63) is 0 Å². The Morgan fingerprint density at radius 3 is 1.97 bits per heavy atom. The van der Waals surface area contributed by atoms with Crippen molar-refractivity contribution in [3.8, 4) is 0 Å². The summed E-state index contributed by atoms with van der Waals surface area (Å²) in [6.07, 6.45) is 17.3. The van der Waals surface area contributed by atoms with E-state index in [9.17, 15) is 14.7 Å². The van der Waals surface area contributed by atoms with E-state index < -0.39 is 17.8 Å². The molecular formula is C25H46O4. The molecule has 1 rings (SSSR count). The van der Waals surface area contributed by atoms with E-state index in [-0.39, 0.29) is 12.1 Å². The maximum atomic E-state index is 12.8. The van der Waals surface area contributed by atoms with Crippen molar-refractivity contribution in [2.45, 2.75) is 130 Å². The van der Waals surface area contributed by atoms with Crippen LogP contribution < -0.4 is 0 Å². The van der Waals surface area contributed by atoms with E-state index >= 15 is 0 Å². The molecule has 1 aliphatic rings. The third-order valence-corrected chi connectivity index (χ3v) is 6.36. The van der Waals surface area contributed by atoms with Gasteiger partial charge in [0.25, 0.3) is 0 Å². The van der Waals surface area contributed by atoms with Gasteiger partial charge in [-0.25, -0.2) is 0 Å². The standard InChI is InChI=1S/C25H46O4/c1-4-5-6-7-8-9-10-11-16-21(17-14-15-20(2)3)29-25(28)23-19-13-12-18-22(23)24(26)27/h20-23H,4-19H2,1-3H3,(H,26,27). The van der Waals surface area contributed by atoms with E-state index in [1.807, 2.05) is 0 Å². The largest absolute Gasteiger partial charge is 0.481 e. The minimum atomic E-state index is -0.842. The summed E-state index contributed by atoms with van der Waals surface area (Å²) in [4.78, 5) is 24.3. The molecule has 0 aromatic heterocycles. The van der Waals surface area contributed by atoms with Crippen molar-refractivity contribution in [1.29, 1.82) is 0 Å². The van der Waals surface area contributed by atoms with Crippen LogP contribution in [0, 0.1) is 17.8 Å². The van der Waals surface area contributed by atoms with Gasteiger partial charge in [0.1, 0.15) is 6.10 Å². The van der Waals surface area contributed by atoms with Gasteiger partial charge >= 0.3 is 11.9 Å². The first-order valence-electron chi connectivity index (χ1n) is 12.4. The molecule has 0 saturated heterocycles. The molecule has 29 heavy (non-hydrogen) atoms. The molecule has 0 amide bonds. The molecule has 0 radical (unpaired) electrons. The molecule has 0 aromatic carbocycles. The third kappa shape index (κ3) is 11.6. The predicted octanol–water partition coefficient (Wildman–Crippen LogP) is 7.15. The maximum absolute atomic E-state index is 12.8. The molecule has 0 heterocycles. The number of rotatable bonds is 16. The Morgan fingerprint density at radius 1 is 0.828 bits per heavy atom. The maximum Gasteiger partial charge on any atom is 0.310 e. The Hall–Kier alpha value is -1.06. The summed E-state index contributed by atoms with van der Waals surface area (Å²) in [5.41, 5.74) is 0. The molecule has 0 aromatic rings. The van der Waals surface area contributed by atoms with Gasteiger partial charge in [-0.15, -0.1) is 0 Å². The topological polar surface area (TPSA) is 63.6 Å². The molecule has 4 heteroatoms. The van der Waals surface area contributed by atoms with Crippen LogP contribution in [0.15, 0.2) is 0 Å². The monoisotopic (exact) mass is 410 g/mol. The number of carboxylic acids is 1. The molecule has 0 aliphatic heterocycles. The zero-order valence-corrected chi connectivity index (χ0v) is 19.3. The van der Waals surface area contributed by atoms with E-state index in [2.05, 4.69) is 20.8 Å². The van der Waals surface area contributed by atoms with Gasteiger partial charge in [0.15, 0.2) is 0 Å². The van der Waals surface area contributed by atoms with E-state index in [0.29, 0.717) is 18.8 Å². The fourth-order valence-electron chi connectivity index (χ4n) is 4.48. The highest BCUT2D eigenvalue weighted by molar-refractivity contribution is 5.81. The van der Waals surface area contributed by atoms with Crippen molar-refractivity contribution in [1.82, 2.24) is 0 Å². The van der Waals surface area contributed by atoms with Crippen LogP contribution in [0.25, 0.3) is 0 Å². The predicted molar refractivity (Wildman–Crippen MR) is 119 cm³/mol. The fourth-order valence-corrected chi connectivity index (χ4v) is 4.48. The molecular weight excluding hydrogens is 364 g/mol. The Balaban J connectivity index is 2.44. The lowest BCUT2D eigenvalue weighted by Gasteiger charge is -2.29. The molecule has 1 fully saturated rings. The van der Waals surface area contributed by atoms with Crippen LogP contribution in [-0.2, 0) is 14.3 Å². The molecule has 4 nitrogen and oxygen atoms in total. The van der Waals surface area contributed by atoms with Crippen molar-refractivity contribution in [2.24, 2.45) is 17.8 Å². The van der Waals surface area contributed by atoms with Gasteiger partial charge in [0.2, 0.25) is 0 Å². The molecule has 0 spiro atoms. The number of aliphatic carboxylic acids is 1. The van der Waals surface area contributed by atoms with Crippen LogP contribution in [0.1, 0.15) is 124 Å². The lowest BCUT2D eigenvalue weighted by molar-refractivity contribution is -0.164. The quantitative estimate of drug-likeness (QED) is 0.217. The van der Waals surface area contributed by atoms with Gasteiger partial charge in [0, 0.05) is 0 Å². The summed E-state index contributed by atoms with van der Waals surface area (Å²) in [7, 11) is 0. The van der Waals surface area contributed by atoms with Crippen molar-refractivity contribution < 1.29 is 19.4 Å². The number of esters is 1. The summed E-state index contributed by atoms with van der Waals surface area (Å²) in [5, 5.41) is 9.46. The summed E-state index contributed by atoms with van der Waals surface area (Å²) < 4.78 is 5.91. The SMILES string of the molecule is CCCCCCCCCCC(CCCC(C)C)OC(=O)C1CCCCC1C(=O)O. The van der Waals surface area contributed by atoms with Crippen LogP contribution in [0.5, 0.6) is 0 Å². The number of ether oxygens (including phenoxy) is 1. The van der Waals surface area contributed by atoms with Gasteiger partial charge in [-0.05, 0) is 44.4 Å². The van der Waals surface area contributed by atoms with Crippen LogP contribution >= 0.6 is 0 Å². The zero-order valence-electron chi connectivity index (χ0n) is 19.3. The van der Waals surface area contributed by atoms with Gasteiger partial charge in [0.05, 0.1) is 11.8 Å². The highest BCUT2D eigenvalue weighted by Gasteiger charge is 2.37. The average Bonchev–Trinajstić information content (AvgIpc) is 2.69. The number of hydrogen-bond acceptors (Lipinski definition) is 3. The summed E-state index contributed by atoms with van der Waals surface area (Å²) in [6.45, 7) is 6.69. The van der Waals surface area contributed by atoms with Gasteiger partial charge in [-0.3, -0.25) is 9.59 Å². The first-order chi connectivity index (χ1) is 14.0. The number of hydrogen-bond donors (Lipinski definition) is 1. The van der Waals surface area contributed by atoms with Crippen molar-refractivity contribution >= 4 is 11.9 Å².